The van der Waals surface area contributed by atoms with Gasteiger partial charge in [0, 0.05) is 13.2 Å². The van der Waals surface area contributed by atoms with Crippen LogP contribution in [-0.4, -0.2) is 41.0 Å². The van der Waals surface area contributed by atoms with Gasteiger partial charge in [-0.3, -0.25) is 14.6 Å². The highest BCUT2D eigenvalue weighted by Gasteiger charge is 2.25. The molecule has 2 amide bonds. The van der Waals surface area contributed by atoms with E-state index in [-0.39, 0.29) is 23.1 Å². The summed E-state index contributed by atoms with van der Waals surface area (Å²) in [6.45, 7) is 3.61. The van der Waals surface area contributed by atoms with Gasteiger partial charge in [-0.1, -0.05) is 20.3 Å². The van der Waals surface area contributed by atoms with Crippen LogP contribution in [0.25, 0.3) is 0 Å². The molecule has 0 saturated heterocycles. The number of aromatic nitrogens is 1. The van der Waals surface area contributed by atoms with E-state index >= 15 is 0 Å². The monoisotopic (exact) mass is 293 g/mol. The summed E-state index contributed by atoms with van der Waals surface area (Å²) in [7, 11) is 1.48. The van der Waals surface area contributed by atoms with Gasteiger partial charge in [-0.15, -0.1) is 0 Å². The van der Waals surface area contributed by atoms with Gasteiger partial charge in [-0.25, -0.2) is 4.79 Å². The van der Waals surface area contributed by atoms with Gasteiger partial charge in [0.15, 0.2) is 0 Å². The number of aliphatic carboxylic acids is 1. The normalized spacial score (nSPS) is 13.1. The van der Waals surface area contributed by atoms with E-state index in [4.69, 9.17) is 5.11 Å². The van der Waals surface area contributed by atoms with E-state index in [1.807, 2.05) is 6.92 Å². The summed E-state index contributed by atoms with van der Waals surface area (Å²) < 4.78 is 0. The first kappa shape index (κ1) is 16.6. The summed E-state index contributed by atoms with van der Waals surface area (Å²) >= 11 is 0. The number of hydrogen-bond acceptors (Lipinski definition) is 4. The van der Waals surface area contributed by atoms with E-state index in [9.17, 15) is 14.4 Å². The van der Waals surface area contributed by atoms with Gasteiger partial charge in [0.2, 0.25) is 0 Å². The molecule has 0 unspecified atom stereocenters. The molecule has 3 N–H and O–H groups in total. The maximum absolute atomic E-state index is 12.0. The number of carboxylic acids is 1. The number of carboxylic acid groups (broad SMARTS) is 1. The third-order valence-electron chi connectivity index (χ3n) is 3.25. The number of carbonyl (C=O) groups excluding carboxylic acids is 2. The Morgan fingerprint density at radius 1 is 1.29 bits per heavy atom. The second-order valence-corrected chi connectivity index (χ2v) is 4.69. The lowest BCUT2D eigenvalue weighted by Crippen LogP contribution is -2.45. The Kier molecular flexibility index (Phi) is 5.83. The number of hydrogen-bond donors (Lipinski definition) is 3. The van der Waals surface area contributed by atoms with Crippen molar-refractivity contribution in [3.05, 3.63) is 29.6 Å². The van der Waals surface area contributed by atoms with Gasteiger partial charge in [0.05, 0.1) is 5.56 Å². The highest BCUT2D eigenvalue weighted by Crippen LogP contribution is 2.09. The minimum atomic E-state index is -1.08. The molecule has 21 heavy (non-hydrogen) atoms. The Balaban J connectivity index is 2.83. The number of pyridine rings is 1. The summed E-state index contributed by atoms with van der Waals surface area (Å²) in [5, 5.41) is 14.0. The van der Waals surface area contributed by atoms with E-state index in [0.717, 1.165) is 0 Å². The molecule has 1 rings (SSSR count). The molecule has 1 heterocycles. The third-order valence-corrected chi connectivity index (χ3v) is 3.25. The Labute approximate surface area is 122 Å². The van der Waals surface area contributed by atoms with Crippen molar-refractivity contribution in [2.75, 3.05) is 7.05 Å². The van der Waals surface area contributed by atoms with Crippen molar-refractivity contribution < 1.29 is 19.5 Å². The molecule has 1 aromatic rings. The summed E-state index contributed by atoms with van der Waals surface area (Å²) in [6, 6.07) is 1.89. The van der Waals surface area contributed by atoms with Crippen LogP contribution in [0.2, 0.25) is 0 Å². The molecule has 0 aliphatic carbocycles. The maximum atomic E-state index is 12.0. The van der Waals surface area contributed by atoms with Gasteiger partial charge < -0.3 is 15.7 Å². The molecule has 7 heteroatoms. The molecule has 0 aliphatic rings. The zero-order valence-corrected chi connectivity index (χ0v) is 12.2. The minimum Gasteiger partial charge on any atom is -0.480 e. The van der Waals surface area contributed by atoms with Crippen LogP contribution in [0.3, 0.4) is 0 Å². The molecule has 1 aromatic heterocycles. The number of rotatable bonds is 6. The standard InChI is InChI=1S/C14H19N3O4/c1-4-8(2)11(14(20)21)17-12(18)9-5-6-10(16-7-9)13(19)15-3/h5-8,11H,4H2,1-3H3,(H,15,19)(H,17,18)(H,20,21)/t8-,11-/m0/s1. The maximum Gasteiger partial charge on any atom is 0.326 e. The Morgan fingerprint density at radius 3 is 2.38 bits per heavy atom. The topological polar surface area (TPSA) is 108 Å². The van der Waals surface area contributed by atoms with E-state index in [2.05, 4.69) is 15.6 Å². The lowest BCUT2D eigenvalue weighted by molar-refractivity contribution is -0.140. The summed E-state index contributed by atoms with van der Waals surface area (Å²) in [6.07, 6.45) is 1.88. The fraction of sp³-hybridized carbons (Fsp3) is 0.429. The van der Waals surface area contributed by atoms with Gasteiger partial charge in [-0.05, 0) is 18.1 Å². The molecule has 0 bridgehead atoms. The van der Waals surface area contributed by atoms with Crippen LogP contribution in [0.5, 0.6) is 0 Å². The van der Waals surface area contributed by atoms with Crippen molar-refractivity contribution in [2.24, 2.45) is 5.92 Å². The molecule has 0 saturated carbocycles. The predicted octanol–water partition coefficient (Wildman–Crippen LogP) is 0.670. The predicted molar refractivity (Wildman–Crippen MR) is 76.0 cm³/mol. The molecule has 0 radical (unpaired) electrons. The van der Waals surface area contributed by atoms with Crippen molar-refractivity contribution in [2.45, 2.75) is 26.3 Å². The van der Waals surface area contributed by atoms with E-state index in [1.165, 1.54) is 25.4 Å². The summed E-state index contributed by atoms with van der Waals surface area (Å²) in [5.74, 6) is -2.15. The fourth-order valence-corrected chi connectivity index (χ4v) is 1.70. The zero-order valence-electron chi connectivity index (χ0n) is 12.2. The summed E-state index contributed by atoms with van der Waals surface area (Å²) in [4.78, 5) is 38.4. The smallest absolute Gasteiger partial charge is 0.326 e. The zero-order chi connectivity index (χ0) is 16.0. The minimum absolute atomic E-state index is 0.186. The fourth-order valence-electron chi connectivity index (χ4n) is 1.70. The van der Waals surface area contributed by atoms with E-state index < -0.39 is 17.9 Å². The average Bonchev–Trinajstić information content (AvgIpc) is 2.50. The molecule has 7 nitrogen and oxygen atoms in total. The molecule has 0 aliphatic heterocycles. The first-order valence-electron chi connectivity index (χ1n) is 6.62. The molecule has 0 fully saturated rings. The highest BCUT2D eigenvalue weighted by atomic mass is 16.4. The van der Waals surface area contributed by atoms with Crippen LogP contribution in [0, 0.1) is 5.92 Å². The number of amides is 2. The molecule has 114 valence electrons. The average molecular weight is 293 g/mol. The largest absolute Gasteiger partial charge is 0.480 e. The quantitative estimate of drug-likeness (QED) is 0.714. The molecule has 0 aromatic carbocycles. The van der Waals surface area contributed by atoms with Crippen molar-refractivity contribution in [1.29, 1.82) is 0 Å². The van der Waals surface area contributed by atoms with Gasteiger partial charge >= 0.3 is 5.97 Å². The highest BCUT2D eigenvalue weighted by molar-refractivity contribution is 5.97. The van der Waals surface area contributed by atoms with Crippen LogP contribution in [0.15, 0.2) is 18.3 Å². The van der Waals surface area contributed by atoms with Crippen molar-refractivity contribution in [1.82, 2.24) is 15.6 Å². The van der Waals surface area contributed by atoms with Crippen molar-refractivity contribution >= 4 is 17.8 Å². The SMILES string of the molecule is CC[C@H](C)[C@H](NC(=O)c1ccc(C(=O)NC)nc1)C(=O)O. The Morgan fingerprint density at radius 2 is 1.95 bits per heavy atom. The van der Waals surface area contributed by atoms with Crippen LogP contribution < -0.4 is 10.6 Å². The van der Waals surface area contributed by atoms with Crippen LogP contribution in [0.1, 0.15) is 41.1 Å². The Hall–Kier alpha value is -2.44. The molecular formula is C14H19N3O4. The number of nitrogens with one attached hydrogen (secondary N) is 2. The number of carbonyl (C=O) groups is 3. The lowest BCUT2D eigenvalue weighted by atomic mass is 9.99. The third kappa shape index (κ3) is 4.27. The molecule has 2 atom stereocenters. The van der Waals surface area contributed by atoms with E-state index in [1.54, 1.807) is 6.92 Å². The van der Waals surface area contributed by atoms with Crippen LogP contribution >= 0.6 is 0 Å². The van der Waals surface area contributed by atoms with Crippen molar-refractivity contribution in [3.63, 3.8) is 0 Å². The number of nitrogens with zero attached hydrogens (tertiary/aromatic N) is 1. The summed E-state index contributed by atoms with van der Waals surface area (Å²) in [5.41, 5.74) is 0.392. The van der Waals surface area contributed by atoms with E-state index in [0.29, 0.717) is 6.42 Å². The lowest BCUT2D eigenvalue weighted by Gasteiger charge is -2.20. The first-order valence-corrected chi connectivity index (χ1v) is 6.62. The second-order valence-electron chi connectivity index (χ2n) is 4.69. The van der Waals surface area contributed by atoms with Crippen LogP contribution in [0.4, 0.5) is 0 Å². The van der Waals surface area contributed by atoms with Crippen molar-refractivity contribution in [3.8, 4) is 0 Å². The molecular weight excluding hydrogens is 274 g/mol. The van der Waals surface area contributed by atoms with Gasteiger partial charge in [0.1, 0.15) is 11.7 Å². The molecule has 0 spiro atoms. The first-order chi connectivity index (χ1) is 9.90. The van der Waals surface area contributed by atoms with Gasteiger partial charge in [0.25, 0.3) is 11.8 Å². The van der Waals surface area contributed by atoms with Crippen LogP contribution in [-0.2, 0) is 4.79 Å². The second kappa shape index (κ2) is 7.37. The Bertz CT molecular complexity index is 528. The van der Waals surface area contributed by atoms with Gasteiger partial charge in [-0.2, -0.15) is 0 Å².